The molecule has 1 aromatic heterocycles. The zero-order chi connectivity index (χ0) is 29.1. The van der Waals surface area contributed by atoms with E-state index in [0.717, 1.165) is 36.2 Å². The highest BCUT2D eigenvalue weighted by Gasteiger charge is 2.33. The Morgan fingerprint density at radius 2 is 1.71 bits per heavy atom. The normalized spacial score (nSPS) is 19.7. The number of carbonyl (C=O) groups excluding carboxylic acids is 2. The quantitative estimate of drug-likeness (QED) is 0.545. The molecule has 0 bridgehead atoms. The van der Waals surface area contributed by atoms with Gasteiger partial charge in [0.2, 0.25) is 0 Å². The average Bonchev–Trinajstić information content (AvgIpc) is 3.36. The second-order valence-electron chi connectivity index (χ2n) is 12.2. The lowest BCUT2D eigenvalue weighted by atomic mass is 10.0. The topological polar surface area (TPSA) is 100 Å². The van der Waals surface area contributed by atoms with Gasteiger partial charge in [-0.05, 0) is 59.2 Å². The maximum atomic E-state index is 13.5. The lowest BCUT2D eigenvalue weighted by molar-refractivity contribution is 0.0216. The van der Waals surface area contributed by atoms with Gasteiger partial charge >= 0.3 is 17.9 Å². The Morgan fingerprint density at radius 3 is 2.37 bits per heavy atom. The van der Waals surface area contributed by atoms with Crippen LogP contribution in [-0.4, -0.2) is 94.4 Å². The Hall–Kier alpha value is -3.60. The van der Waals surface area contributed by atoms with Crippen LogP contribution >= 0.6 is 0 Å². The maximum absolute atomic E-state index is 13.5. The molecular weight excluding hydrogens is 524 g/mol. The molecule has 2 fully saturated rings. The van der Waals surface area contributed by atoms with E-state index in [0.29, 0.717) is 58.1 Å². The zero-order valence-electron chi connectivity index (χ0n) is 24.7. The van der Waals surface area contributed by atoms with Crippen molar-refractivity contribution in [3.8, 4) is 0 Å². The Balaban J connectivity index is 1.33. The van der Waals surface area contributed by atoms with Gasteiger partial charge in [-0.3, -0.25) is 4.57 Å². The van der Waals surface area contributed by atoms with Gasteiger partial charge in [-0.25, -0.2) is 14.4 Å². The molecule has 0 spiro atoms. The van der Waals surface area contributed by atoms with E-state index in [4.69, 9.17) is 9.47 Å². The van der Waals surface area contributed by atoms with Crippen molar-refractivity contribution in [2.45, 2.75) is 71.4 Å². The van der Waals surface area contributed by atoms with Crippen molar-refractivity contribution in [3.63, 3.8) is 0 Å². The van der Waals surface area contributed by atoms with E-state index in [1.165, 1.54) is 0 Å². The first-order valence-corrected chi connectivity index (χ1v) is 14.6. The molecule has 2 amide bonds. The molecule has 2 aromatic rings. The molecule has 0 radical (unpaired) electrons. The van der Waals surface area contributed by atoms with Crippen molar-refractivity contribution in [2.75, 3.05) is 51.2 Å². The Bertz CT molecular complexity index is 1300. The van der Waals surface area contributed by atoms with Crippen LogP contribution < -0.4 is 10.6 Å². The van der Waals surface area contributed by atoms with Gasteiger partial charge in [0.05, 0.1) is 6.54 Å². The summed E-state index contributed by atoms with van der Waals surface area (Å²) in [7, 11) is 2.09. The highest BCUT2D eigenvalue weighted by Crippen LogP contribution is 2.29. The first kappa shape index (κ1) is 28.9. The number of likely N-dealkylation sites (tertiary alicyclic amines) is 1. The molecule has 4 heterocycles. The first-order valence-electron chi connectivity index (χ1n) is 14.6. The van der Waals surface area contributed by atoms with Crippen LogP contribution in [0.25, 0.3) is 0 Å². The van der Waals surface area contributed by atoms with Crippen molar-refractivity contribution < 1.29 is 19.1 Å². The van der Waals surface area contributed by atoms with Crippen LogP contribution in [0, 0.1) is 0 Å². The number of hydrogen-bond donors (Lipinski definition) is 0. The number of benzene rings is 1. The van der Waals surface area contributed by atoms with E-state index < -0.39 is 5.60 Å². The summed E-state index contributed by atoms with van der Waals surface area (Å²) in [5.74, 6) is 0.669. The standard InChI is InChI=1S/C30H42N6O5/c1-30(2,3)41-29(39)35-14-12-24-25(20-35)36(19-23-11-8-13-32(23)4)27(37)31-26(24)33-15-17-34(18-16-33)28(38)40-21-22-9-6-5-7-10-22/h5-7,9-10,23H,8,11-21H2,1-4H3/t23-/m0/s1. The average molecular weight is 567 g/mol. The summed E-state index contributed by atoms with van der Waals surface area (Å²) in [4.78, 5) is 51.6. The third kappa shape index (κ3) is 6.83. The fourth-order valence-electron chi connectivity index (χ4n) is 5.83. The molecule has 41 heavy (non-hydrogen) atoms. The molecule has 3 aliphatic rings. The monoisotopic (exact) mass is 566 g/mol. The number of ether oxygens (including phenoxy) is 2. The van der Waals surface area contributed by atoms with Gasteiger partial charge in [0.1, 0.15) is 18.0 Å². The predicted octanol–water partition coefficient (Wildman–Crippen LogP) is 3.09. The zero-order valence-corrected chi connectivity index (χ0v) is 24.7. The number of aromatic nitrogens is 2. The second kappa shape index (κ2) is 12.1. The minimum Gasteiger partial charge on any atom is -0.445 e. The fraction of sp³-hybridized carbons (Fsp3) is 0.600. The number of likely N-dealkylation sites (N-methyl/N-ethyl adjacent to an activating group) is 1. The van der Waals surface area contributed by atoms with Crippen molar-refractivity contribution in [3.05, 3.63) is 57.6 Å². The molecule has 1 atom stereocenters. The maximum Gasteiger partial charge on any atom is 0.410 e. The summed E-state index contributed by atoms with van der Waals surface area (Å²) in [5.41, 5.74) is 1.89. The predicted molar refractivity (Wildman–Crippen MR) is 155 cm³/mol. The lowest BCUT2D eigenvalue weighted by Crippen LogP contribution is -2.51. The van der Waals surface area contributed by atoms with E-state index >= 15 is 0 Å². The van der Waals surface area contributed by atoms with Gasteiger partial charge in [-0.1, -0.05) is 30.3 Å². The highest BCUT2D eigenvalue weighted by molar-refractivity contribution is 5.69. The first-order chi connectivity index (χ1) is 19.6. The van der Waals surface area contributed by atoms with Crippen LogP contribution in [0.4, 0.5) is 15.4 Å². The van der Waals surface area contributed by atoms with Crippen LogP contribution in [0.3, 0.4) is 0 Å². The van der Waals surface area contributed by atoms with Crippen LogP contribution in [-0.2, 0) is 35.6 Å². The van der Waals surface area contributed by atoms with Gasteiger partial charge in [0.15, 0.2) is 0 Å². The van der Waals surface area contributed by atoms with E-state index in [1.54, 1.807) is 14.4 Å². The summed E-state index contributed by atoms with van der Waals surface area (Å²) >= 11 is 0. The van der Waals surface area contributed by atoms with Gasteiger partial charge in [-0.15, -0.1) is 0 Å². The van der Waals surface area contributed by atoms with E-state index in [-0.39, 0.29) is 30.5 Å². The molecule has 0 aliphatic carbocycles. The van der Waals surface area contributed by atoms with Crippen LogP contribution in [0.2, 0.25) is 0 Å². The van der Waals surface area contributed by atoms with Gasteiger partial charge in [0, 0.05) is 56.6 Å². The van der Waals surface area contributed by atoms with Gasteiger partial charge < -0.3 is 29.1 Å². The van der Waals surface area contributed by atoms with Crippen molar-refractivity contribution in [1.29, 1.82) is 0 Å². The summed E-state index contributed by atoms with van der Waals surface area (Å²) in [6, 6.07) is 9.88. The molecule has 11 nitrogen and oxygen atoms in total. The number of rotatable bonds is 5. The van der Waals surface area contributed by atoms with Crippen LogP contribution in [0.1, 0.15) is 50.4 Å². The molecule has 222 valence electrons. The van der Waals surface area contributed by atoms with E-state index in [1.807, 2.05) is 51.1 Å². The molecular formula is C30H42N6O5. The number of hydrogen-bond acceptors (Lipinski definition) is 8. The number of amides is 2. The lowest BCUT2D eigenvalue weighted by Gasteiger charge is -2.38. The minimum atomic E-state index is -0.602. The van der Waals surface area contributed by atoms with Crippen molar-refractivity contribution in [1.82, 2.24) is 24.3 Å². The molecule has 11 heteroatoms. The minimum absolute atomic E-state index is 0.234. The number of piperazine rings is 1. The molecule has 0 N–H and O–H groups in total. The number of nitrogens with zero attached hydrogens (tertiary/aromatic N) is 6. The van der Waals surface area contributed by atoms with E-state index in [9.17, 15) is 14.4 Å². The third-order valence-electron chi connectivity index (χ3n) is 8.11. The molecule has 3 aliphatic heterocycles. The Morgan fingerprint density at radius 1 is 0.976 bits per heavy atom. The summed E-state index contributed by atoms with van der Waals surface area (Å²) in [6.45, 7) is 10.2. The van der Waals surface area contributed by atoms with Crippen LogP contribution in [0.15, 0.2) is 35.1 Å². The molecule has 1 aromatic carbocycles. The Kier molecular flexibility index (Phi) is 8.53. The molecule has 0 saturated carbocycles. The second-order valence-corrected chi connectivity index (χ2v) is 12.2. The highest BCUT2D eigenvalue weighted by atomic mass is 16.6. The number of fused-ring (bicyclic) bond motifs is 1. The number of carbonyl (C=O) groups is 2. The molecule has 2 saturated heterocycles. The fourth-order valence-corrected chi connectivity index (χ4v) is 5.83. The summed E-state index contributed by atoms with van der Waals surface area (Å²) < 4.78 is 13.0. The SMILES string of the molecule is CN1CCC[C@H]1Cn1c2c(c(N3CCN(C(=O)OCc4ccccc4)CC3)nc1=O)CCN(C(=O)OC(C)(C)C)C2. The third-order valence-corrected chi connectivity index (χ3v) is 8.11. The van der Waals surface area contributed by atoms with Crippen molar-refractivity contribution >= 4 is 18.0 Å². The molecule has 0 unspecified atom stereocenters. The smallest absolute Gasteiger partial charge is 0.410 e. The van der Waals surface area contributed by atoms with Gasteiger partial charge in [-0.2, -0.15) is 4.98 Å². The van der Waals surface area contributed by atoms with Crippen molar-refractivity contribution in [2.24, 2.45) is 0 Å². The summed E-state index contributed by atoms with van der Waals surface area (Å²) in [6.07, 6.45) is 1.99. The largest absolute Gasteiger partial charge is 0.445 e. The van der Waals surface area contributed by atoms with Gasteiger partial charge in [0.25, 0.3) is 0 Å². The van der Waals surface area contributed by atoms with Crippen LogP contribution in [0.5, 0.6) is 0 Å². The summed E-state index contributed by atoms with van der Waals surface area (Å²) in [5, 5.41) is 0. The molecule has 5 rings (SSSR count). The van der Waals surface area contributed by atoms with E-state index in [2.05, 4.69) is 21.8 Å². The Labute approximate surface area is 241 Å². The number of anilines is 1.